The van der Waals surface area contributed by atoms with Crippen molar-refractivity contribution in [2.75, 3.05) is 39.3 Å². The maximum absolute atomic E-state index is 5.81. The summed E-state index contributed by atoms with van der Waals surface area (Å²) >= 11 is 0. The number of aryl methyl sites for hydroxylation is 3. The number of hydrogen-bond donors (Lipinski definition) is 2. The van der Waals surface area contributed by atoms with Crippen molar-refractivity contribution in [2.24, 2.45) is 5.73 Å². The smallest absolute Gasteiger partial charge is 0.0513 e. The largest absolute Gasteiger partial charge is 0.346 e. The molecule has 3 N–H and O–H groups in total. The van der Waals surface area contributed by atoms with Crippen molar-refractivity contribution in [1.82, 2.24) is 14.8 Å². The molecular weight excluding hydrogens is 284 g/mol. The van der Waals surface area contributed by atoms with Crippen LogP contribution in [0, 0.1) is 13.8 Å². The molecule has 0 unspecified atom stereocenters. The molecule has 0 spiro atoms. The maximum Gasteiger partial charge on any atom is 0.0513 e. The SMILES string of the molecule is Cc1cc(C)c2c(c1)c(CCCN1CCNCC1)cn2CCN. The summed E-state index contributed by atoms with van der Waals surface area (Å²) in [5.41, 5.74) is 11.4. The van der Waals surface area contributed by atoms with Crippen LogP contribution in [-0.2, 0) is 13.0 Å². The second-order valence-corrected chi connectivity index (χ2v) is 6.81. The van der Waals surface area contributed by atoms with Crippen LogP contribution < -0.4 is 11.1 Å². The molecular formula is C19H30N4. The Balaban J connectivity index is 1.76. The molecule has 0 saturated carbocycles. The first-order valence-corrected chi connectivity index (χ1v) is 8.91. The van der Waals surface area contributed by atoms with Crippen molar-refractivity contribution in [2.45, 2.75) is 33.2 Å². The molecule has 0 aliphatic carbocycles. The average molecular weight is 314 g/mol. The zero-order chi connectivity index (χ0) is 16.2. The molecule has 0 bridgehead atoms. The third kappa shape index (κ3) is 3.77. The Kier molecular flexibility index (Phi) is 5.36. The van der Waals surface area contributed by atoms with Crippen LogP contribution >= 0.6 is 0 Å². The lowest BCUT2D eigenvalue weighted by atomic mass is 10.0. The number of nitrogens with zero attached hydrogens (tertiary/aromatic N) is 2. The van der Waals surface area contributed by atoms with E-state index in [1.165, 1.54) is 53.6 Å². The quantitative estimate of drug-likeness (QED) is 0.858. The van der Waals surface area contributed by atoms with Gasteiger partial charge >= 0.3 is 0 Å². The third-order valence-electron chi connectivity index (χ3n) is 4.89. The Morgan fingerprint density at radius 3 is 2.65 bits per heavy atom. The van der Waals surface area contributed by atoms with Gasteiger partial charge in [-0.2, -0.15) is 0 Å². The highest BCUT2D eigenvalue weighted by atomic mass is 15.2. The number of fused-ring (bicyclic) bond motifs is 1. The van der Waals surface area contributed by atoms with E-state index in [0.717, 1.165) is 26.1 Å². The summed E-state index contributed by atoms with van der Waals surface area (Å²) in [6, 6.07) is 4.62. The Bertz CT molecular complexity index is 653. The molecule has 1 aliphatic heterocycles. The third-order valence-corrected chi connectivity index (χ3v) is 4.89. The van der Waals surface area contributed by atoms with Crippen LogP contribution in [0.25, 0.3) is 10.9 Å². The van der Waals surface area contributed by atoms with Crippen LogP contribution in [0.1, 0.15) is 23.1 Å². The van der Waals surface area contributed by atoms with Crippen LogP contribution in [-0.4, -0.2) is 48.7 Å². The van der Waals surface area contributed by atoms with Gasteiger partial charge in [0.2, 0.25) is 0 Å². The average Bonchev–Trinajstić information content (AvgIpc) is 2.87. The van der Waals surface area contributed by atoms with Crippen molar-refractivity contribution >= 4 is 10.9 Å². The minimum atomic E-state index is 0.692. The van der Waals surface area contributed by atoms with Gasteiger partial charge in [0.15, 0.2) is 0 Å². The van der Waals surface area contributed by atoms with Crippen molar-refractivity contribution < 1.29 is 0 Å². The number of nitrogens with two attached hydrogens (primary N) is 1. The lowest BCUT2D eigenvalue weighted by Gasteiger charge is -2.26. The van der Waals surface area contributed by atoms with Gasteiger partial charge in [-0.1, -0.05) is 11.6 Å². The monoisotopic (exact) mass is 314 g/mol. The molecule has 4 nitrogen and oxygen atoms in total. The molecule has 1 aromatic heterocycles. The van der Waals surface area contributed by atoms with E-state index in [-0.39, 0.29) is 0 Å². The van der Waals surface area contributed by atoms with Gasteiger partial charge in [-0.05, 0) is 50.4 Å². The van der Waals surface area contributed by atoms with Crippen molar-refractivity contribution in [1.29, 1.82) is 0 Å². The summed E-state index contributed by atoms with van der Waals surface area (Å²) in [6.07, 6.45) is 4.72. The van der Waals surface area contributed by atoms with E-state index in [2.05, 4.69) is 47.0 Å². The van der Waals surface area contributed by atoms with Crippen LogP contribution in [0.3, 0.4) is 0 Å². The van der Waals surface area contributed by atoms with Crippen molar-refractivity contribution in [3.05, 3.63) is 35.0 Å². The van der Waals surface area contributed by atoms with Crippen LogP contribution in [0.2, 0.25) is 0 Å². The first-order chi connectivity index (χ1) is 11.2. The number of hydrogen-bond acceptors (Lipinski definition) is 3. The van der Waals surface area contributed by atoms with Gasteiger partial charge in [0.1, 0.15) is 0 Å². The Morgan fingerprint density at radius 2 is 1.91 bits per heavy atom. The second kappa shape index (κ2) is 7.47. The highest BCUT2D eigenvalue weighted by molar-refractivity contribution is 5.87. The van der Waals surface area contributed by atoms with Gasteiger partial charge in [0.25, 0.3) is 0 Å². The Labute approximate surface area is 139 Å². The zero-order valence-electron chi connectivity index (χ0n) is 14.6. The fourth-order valence-electron chi connectivity index (χ4n) is 3.85. The van der Waals surface area contributed by atoms with Crippen molar-refractivity contribution in [3.8, 4) is 0 Å². The number of piperazine rings is 1. The molecule has 4 heteroatoms. The minimum Gasteiger partial charge on any atom is -0.346 e. The molecule has 1 fully saturated rings. The molecule has 0 atom stereocenters. The van der Waals surface area contributed by atoms with Gasteiger partial charge in [0.05, 0.1) is 5.52 Å². The molecule has 1 aromatic carbocycles. The fraction of sp³-hybridized carbons (Fsp3) is 0.579. The van der Waals surface area contributed by atoms with E-state index < -0.39 is 0 Å². The highest BCUT2D eigenvalue weighted by Gasteiger charge is 2.13. The minimum absolute atomic E-state index is 0.692. The van der Waals surface area contributed by atoms with Crippen LogP contribution in [0.4, 0.5) is 0 Å². The predicted molar refractivity (Wildman–Crippen MR) is 98.1 cm³/mol. The lowest BCUT2D eigenvalue weighted by Crippen LogP contribution is -2.43. The fourth-order valence-corrected chi connectivity index (χ4v) is 3.85. The van der Waals surface area contributed by atoms with Crippen LogP contribution in [0.5, 0.6) is 0 Å². The van der Waals surface area contributed by atoms with E-state index in [9.17, 15) is 0 Å². The zero-order valence-corrected chi connectivity index (χ0v) is 14.6. The Morgan fingerprint density at radius 1 is 1.13 bits per heavy atom. The molecule has 1 saturated heterocycles. The first kappa shape index (κ1) is 16.5. The molecule has 1 aliphatic rings. The topological polar surface area (TPSA) is 46.2 Å². The van der Waals surface area contributed by atoms with Gasteiger partial charge in [-0.3, -0.25) is 0 Å². The van der Waals surface area contributed by atoms with Gasteiger partial charge in [-0.25, -0.2) is 0 Å². The van der Waals surface area contributed by atoms with E-state index in [4.69, 9.17) is 5.73 Å². The standard InChI is InChI=1S/C19H30N4/c1-15-12-16(2)19-18(13-15)17(14-23(19)9-5-20)4-3-8-22-10-6-21-7-11-22/h12-14,21H,3-11,20H2,1-2H3. The van der Waals surface area contributed by atoms with E-state index in [0.29, 0.717) is 6.54 Å². The summed E-state index contributed by atoms with van der Waals surface area (Å²) in [6.45, 7) is 11.8. The number of nitrogens with one attached hydrogen (secondary N) is 1. The summed E-state index contributed by atoms with van der Waals surface area (Å²) in [7, 11) is 0. The predicted octanol–water partition coefficient (Wildman–Crippen LogP) is 2.05. The lowest BCUT2D eigenvalue weighted by molar-refractivity contribution is 0.238. The molecule has 0 amide bonds. The molecule has 0 radical (unpaired) electrons. The normalized spacial score (nSPS) is 16.3. The van der Waals surface area contributed by atoms with E-state index >= 15 is 0 Å². The van der Waals surface area contributed by atoms with Crippen LogP contribution in [0.15, 0.2) is 18.3 Å². The molecule has 23 heavy (non-hydrogen) atoms. The molecule has 2 aromatic rings. The molecule has 3 rings (SSSR count). The maximum atomic E-state index is 5.81. The second-order valence-electron chi connectivity index (χ2n) is 6.81. The molecule has 2 heterocycles. The van der Waals surface area contributed by atoms with Crippen molar-refractivity contribution in [3.63, 3.8) is 0 Å². The summed E-state index contributed by atoms with van der Waals surface area (Å²) in [4.78, 5) is 2.58. The van der Waals surface area contributed by atoms with Gasteiger partial charge in [0, 0.05) is 50.9 Å². The highest BCUT2D eigenvalue weighted by Crippen LogP contribution is 2.27. The summed E-state index contributed by atoms with van der Waals surface area (Å²) in [5.74, 6) is 0. The Hall–Kier alpha value is -1.36. The molecule has 126 valence electrons. The summed E-state index contributed by atoms with van der Waals surface area (Å²) < 4.78 is 2.35. The van der Waals surface area contributed by atoms with Gasteiger partial charge < -0.3 is 20.5 Å². The number of aromatic nitrogens is 1. The van der Waals surface area contributed by atoms with E-state index in [1.807, 2.05) is 0 Å². The van der Waals surface area contributed by atoms with E-state index in [1.54, 1.807) is 0 Å². The number of rotatable bonds is 6. The summed E-state index contributed by atoms with van der Waals surface area (Å²) in [5, 5.41) is 4.85. The van der Waals surface area contributed by atoms with Gasteiger partial charge in [-0.15, -0.1) is 0 Å². The first-order valence-electron chi connectivity index (χ1n) is 8.91. The number of benzene rings is 1.